The van der Waals surface area contributed by atoms with Crippen LogP contribution in [0.1, 0.15) is 56.7 Å². The lowest BCUT2D eigenvalue weighted by molar-refractivity contribution is -0.141. The SMILES string of the molecule is CCOC(=O)CNCCN(CC1CCc2c1ccc(F)c2C#N)C(=O)OC(C)(C)C. The van der Waals surface area contributed by atoms with Gasteiger partial charge in [0.2, 0.25) is 0 Å². The minimum absolute atomic E-state index is 0.00900. The Bertz CT molecular complexity index is 814. The summed E-state index contributed by atoms with van der Waals surface area (Å²) >= 11 is 0. The second-order valence-electron chi connectivity index (χ2n) is 8.25. The van der Waals surface area contributed by atoms with Gasteiger partial charge in [-0.15, -0.1) is 0 Å². The maximum absolute atomic E-state index is 13.9. The summed E-state index contributed by atoms with van der Waals surface area (Å²) in [5, 5.41) is 12.2. The molecule has 0 spiro atoms. The van der Waals surface area contributed by atoms with Crippen molar-refractivity contribution in [2.24, 2.45) is 0 Å². The van der Waals surface area contributed by atoms with Crippen molar-refractivity contribution >= 4 is 12.1 Å². The normalized spacial score (nSPS) is 15.3. The van der Waals surface area contributed by atoms with Crippen molar-refractivity contribution in [1.29, 1.82) is 5.26 Å². The fraction of sp³-hybridized carbons (Fsp3) is 0.591. The van der Waals surface area contributed by atoms with Gasteiger partial charge in [-0.3, -0.25) is 4.79 Å². The van der Waals surface area contributed by atoms with Crippen molar-refractivity contribution < 1.29 is 23.5 Å². The Morgan fingerprint density at radius 3 is 2.73 bits per heavy atom. The zero-order valence-electron chi connectivity index (χ0n) is 18.1. The fourth-order valence-corrected chi connectivity index (χ4v) is 3.54. The highest BCUT2D eigenvalue weighted by atomic mass is 19.1. The van der Waals surface area contributed by atoms with Crippen molar-refractivity contribution in [2.45, 2.75) is 52.1 Å². The number of nitrogens with zero attached hydrogens (tertiary/aromatic N) is 2. The van der Waals surface area contributed by atoms with Crippen LogP contribution in [0.3, 0.4) is 0 Å². The second kappa shape index (κ2) is 10.4. The van der Waals surface area contributed by atoms with Gasteiger partial charge in [-0.2, -0.15) is 5.26 Å². The number of esters is 1. The number of rotatable bonds is 8. The second-order valence-corrected chi connectivity index (χ2v) is 8.25. The molecule has 1 aliphatic carbocycles. The smallest absolute Gasteiger partial charge is 0.410 e. The van der Waals surface area contributed by atoms with E-state index in [1.54, 1.807) is 38.7 Å². The number of carbonyl (C=O) groups is 2. The summed E-state index contributed by atoms with van der Waals surface area (Å²) in [5.74, 6) is -0.869. The van der Waals surface area contributed by atoms with Crippen molar-refractivity contribution in [2.75, 3.05) is 32.8 Å². The molecule has 164 valence electrons. The predicted molar refractivity (Wildman–Crippen MR) is 109 cm³/mol. The number of nitriles is 1. The van der Waals surface area contributed by atoms with Crippen LogP contribution < -0.4 is 5.32 Å². The summed E-state index contributed by atoms with van der Waals surface area (Å²) < 4.78 is 24.3. The average molecular weight is 419 g/mol. The number of fused-ring (bicyclic) bond motifs is 1. The van der Waals surface area contributed by atoms with E-state index in [-0.39, 0.29) is 24.0 Å². The summed E-state index contributed by atoms with van der Waals surface area (Å²) in [4.78, 5) is 25.8. The Morgan fingerprint density at radius 2 is 2.10 bits per heavy atom. The molecule has 8 heteroatoms. The molecule has 1 N–H and O–H groups in total. The van der Waals surface area contributed by atoms with E-state index in [0.29, 0.717) is 32.7 Å². The maximum Gasteiger partial charge on any atom is 0.410 e. The number of ether oxygens (including phenoxy) is 2. The molecule has 1 aliphatic rings. The number of nitrogens with one attached hydrogen (secondary N) is 1. The zero-order valence-corrected chi connectivity index (χ0v) is 18.1. The van der Waals surface area contributed by atoms with Crippen molar-refractivity contribution in [3.8, 4) is 6.07 Å². The summed E-state index contributed by atoms with van der Waals surface area (Å²) in [5.41, 5.74) is 1.08. The Kier molecular flexibility index (Phi) is 8.18. The van der Waals surface area contributed by atoms with Gasteiger partial charge in [-0.25, -0.2) is 9.18 Å². The molecule has 7 nitrogen and oxygen atoms in total. The molecular weight excluding hydrogens is 389 g/mol. The van der Waals surface area contributed by atoms with Crippen molar-refractivity contribution in [3.63, 3.8) is 0 Å². The molecule has 1 aromatic carbocycles. The van der Waals surface area contributed by atoms with Crippen LogP contribution in [0.15, 0.2) is 12.1 Å². The van der Waals surface area contributed by atoms with Gasteiger partial charge in [0.05, 0.1) is 18.7 Å². The molecule has 2 rings (SSSR count). The van der Waals surface area contributed by atoms with Crippen molar-refractivity contribution in [3.05, 3.63) is 34.6 Å². The zero-order chi connectivity index (χ0) is 22.3. The molecule has 0 aliphatic heterocycles. The molecule has 0 aromatic heterocycles. The Morgan fingerprint density at radius 1 is 1.37 bits per heavy atom. The molecule has 30 heavy (non-hydrogen) atoms. The van der Waals surface area contributed by atoms with Crippen LogP contribution >= 0.6 is 0 Å². The molecule has 0 radical (unpaired) electrons. The number of benzene rings is 1. The first-order valence-corrected chi connectivity index (χ1v) is 10.2. The van der Waals surface area contributed by atoms with E-state index in [1.165, 1.54) is 6.07 Å². The molecule has 0 saturated carbocycles. The van der Waals surface area contributed by atoms with Crippen molar-refractivity contribution in [1.82, 2.24) is 10.2 Å². The van der Waals surface area contributed by atoms with Gasteiger partial charge in [0.1, 0.15) is 17.5 Å². The van der Waals surface area contributed by atoms with Gasteiger partial charge in [-0.1, -0.05) is 6.07 Å². The lowest BCUT2D eigenvalue weighted by atomic mass is 9.98. The van der Waals surface area contributed by atoms with Gasteiger partial charge in [0.15, 0.2) is 0 Å². The molecule has 1 unspecified atom stereocenters. The summed E-state index contributed by atoms with van der Waals surface area (Å²) in [6.45, 7) is 8.64. The molecule has 1 amide bonds. The number of amides is 1. The lowest BCUT2D eigenvalue weighted by Crippen LogP contribution is -2.43. The van der Waals surface area contributed by atoms with E-state index >= 15 is 0 Å². The number of halogens is 1. The van der Waals surface area contributed by atoms with Crippen LogP contribution in [0.25, 0.3) is 0 Å². The first-order chi connectivity index (χ1) is 14.2. The van der Waals surface area contributed by atoms with E-state index in [9.17, 15) is 19.2 Å². The Labute approximate surface area is 177 Å². The topological polar surface area (TPSA) is 91.7 Å². The van der Waals surface area contributed by atoms with Gasteiger partial charge >= 0.3 is 12.1 Å². The Balaban J connectivity index is 2.08. The van der Waals surface area contributed by atoms with Crippen LogP contribution in [0.2, 0.25) is 0 Å². The quantitative estimate of drug-likeness (QED) is 0.514. The first kappa shape index (κ1) is 23.6. The highest BCUT2D eigenvalue weighted by Crippen LogP contribution is 2.36. The van der Waals surface area contributed by atoms with Crippen LogP contribution in [-0.2, 0) is 20.7 Å². The molecule has 0 heterocycles. The third kappa shape index (κ3) is 6.42. The fourth-order valence-electron chi connectivity index (χ4n) is 3.54. The minimum atomic E-state index is -0.640. The van der Waals surface area contributed by atoms with Crippen LogP contribution in [0.4, 0.5) is 9.18 Å². The molecule has 0 saturated heterocycles. The van der Waals surface area contributed by atoms with E-state index in [2.05, 4.69) is 5.32 Å². The standard InChI is InChI=1S/C22H30FN3O4/c1-5-29-20(27)13-25-10-11-26(21(28)30-22(2,3)4)14-15-6-7-17-16(15)8-9-19(23)18(17)12-24/h8-9,15,25H,5-7,10-11,13-14H2,1-4H3. The maximum atomic E-state index is 13.9. The number of carbonyl (C=O) groups excluding carboxylic acids is 2. The van der Waals surface area contributed by atoms with Gasteiger partial charge in [0.25, 0.3) is 0 Å². The number of hydrogen-bond donors (Lipinski definition) is 1. The van der Waals surface area contributed by atoms with E-state index in [0.717, 1.165) is 17.5 Å². The van der Waals surface area contributed by atoms with E-state index in [4.69, 9.17) is 9.47 Å². The van der Waals surface area contributed by atoms with Crippen LogP contribution in [0, 0.1) is 17.1 Å². The highest BCUT2D eigenvalue weighted by molar-refractivity contribution is 5.71. The first-order valence-electron chi connectivity index (χ1n) is 10.2. The third-order valence-corrected chi connectivity index (χ3v) is 4.82. The highest BCUT2D eigenvalue weighted by Gasteiger charge is 2.31. The average Bonchev–Trinajstić information content (AvgIpc) is 3.05. The molecule has 1 aromatic rings. The van der Waals surface area contributed by atoms with Crippen LogP contribution in [-0.4, -0.2) is 55.3 Å². The van der Waals surface area contributed by atoms with E-state index in [1.807, 2.05) is 6.07 Å². The van der Waals surface area contributed by atoms with Gasteiger partial charge < -0.3 is 19.7 Å². The minimum Gasteiger partial charge on any atom is -0.465 e. The predicted octanol–water partition coefficient (Wildman–Crippen LogP) is 3.12. The molecule has 0 fully saturated rings. The summed E-state index contributed by atoms with van der Waals surface area (Å²) in [6, 6.07) is 4.97. The molecular formula is C22H30FN3O4. The third-order valence-electron chi connectivity index (χ3n) is 4.82. The van der Waals surface area contributed by atoms with Gasteiger partial charge in [0, 0.05) is 25.6 Å². The molecule has 0 bridgehead atoms. The van der Waals surface area contributed by atoms with Gasteiger partial charge in [-0.05, 0) is 57.7 Å². The largest absolute Gasteiger partial charge is 0.465 e. The van der Waals surface area contributed by atoms with E-state index < -0.39 is 17.5 Å². The lowest BCUT2D eigenvalue weighted by Gasteiger charge is -2.29. The Hall–Kier alpha value is -2.66. The van der Waals surface area contributed by atoms with Crippen LogP contribution in [0.5, 0.6) is 0 Å². The monoisotopic (exact) mass is 419 g/mol. The number of hydrogen-bond acceptors (Lipinski definition) is 6. The molecule has 1 atom stereocenters. The summed E-state index contributed by atoms with van der Waals surface area (Å²) in [6.07, 6.45) is 0.879. The summed E-state index contributed by atoms with van der Waals surface area (Å²) in [7, 11) is 0.